The van der Waals surface area contributed by atoms with Crippen molar-refractivity contribution in [1.82, 2.24) is 19.8 Å². The van der Waals surface area contributed by atoms with E-state index in [9.17, 15) is 8.42 Å². The lowest BCUT2D eigenvalue weighted by atomic mass is 10.1. The molecule has 0 atom stereocenters. The second-order valence-corrected chi connectivity index (χ2v) is 9.74. The van der Waals surface area contributed by atoms with Gasteiger partial charge in [-0.15, -0.1) is 10.2 Å². The van der Waals surface area contributed by atoms with Crippen molar-refractivity contribution < 1.29 is 8.42 Å². The van der Waals surface area contributed by atoms with E-state index < -0.39 is 10.0 Å². The van der Waals surface area contributed by atoms with Gasteiger partial charge in [0.1, 0.15) is 0 Å². The summed E-state index contributed by atoms with van der Waals surface area (Å²) < 4.78 is 31.7. The van der Waals surface area contributed by atoms with Crippen molar-refractivity contribution >= 4 is 37.3 Å². The Kier molecular flexibility index (Phi) is 5.11. The van der Waals surface area contributed by atoms with Crippen LogP contribution in [0.5, 0.6) is 0 Å². The monoisotopic (exact) mass is 485 g/mol. The van der Waals surface area contributed by atoms with Gasteiger partial charge in [-0.05, 0) is 74.7 Å². The average molecular weight is 486 g/mol. The maximum atomic E-state index is 13.2. The summed E-state index contributed by atoms with van der Waals surface area (Å²) in [5.74, 6) is 0.662. The van der Waals surface area contributed by atoms with E-state index in [4.69, 9.17) is 0 Å². The van der Waals surface area contributed by atoms with Crippen LogP contribution in [0.1, 0.15) is 22.5 Å². The topological polar surface area (TPSA) is 89.2 Å². The Labute approximate surface area is 183 Å². The predicted molar refractivity (Wildman–Crippen MR) is 120 cm³/mol. The van der Waals surface area contributed by atoms with Crippen LogP contribution in [-0.2, 0) is 10.0 Å². The molecule has 0 amide bonds. The average Bonchev–Trinajstić information content (AvgIpc) is 3.06. The number of benzene rings is 2. The minimum atomic E-state index is -3.79. The number of rotatable bonds is 4. The molecule has 0 unspecified atom stereocenters. The third-order valence-electron chi connectivity index (χ3n) is 4.94. The molecule has 154 valence electrons. The fourth-order valence-corrected chi connectivity index (χ4v) is 5.04. The number of hydrogen-bond acceptors (Lipinski definition) is 5. The molecule has 0 spiro atoms. The van der Waals surface area contributed by atoms with E-state index in [1.165, 1.54) is 0 Å². The van der Waals surface area contributed by atoms with Crippen molar-refractivity contribution in [3.63, 3.8) is 0 Å². The summed E-state index contributed by atoms with van der Waals surface area (Å²) in [7, 11) is -3.79. The Hall–Kier alpha value is -2.78. The standard InChI is InChI=1S/C21H20BrN5O2S/c1-12-5-6-16(18-7-8-21-24-23-15(4)27(21)25-18)11-20(12)30(28,29)26-19-10-13(2)17(22)9-14(19)3/h5-11,26H,1-4H3. The lowest BCUT2D eigenvalue weighted by molar-refractivity contribution is 0.600. The lowest BCUT2D eigenvalue weighted by Gasteiger charge is -2.15. The van der Waals surface area contributed by atoms with Crippen LogP contribution in [0.2, 0.25) is 0 Å². The van der Waals surface area contributed by atoms with Crippen LogP contribution >= 0.6 is 15.9 Å². The van der Waals surface area contributed by atoms with Crippen molar-refractivity contribution in [1.29, 1.82) is 0 Å². The fourth-order valence-electron chi connectivity index (χ4n) is 3.19. The molecule has 0 radical (unpaired) electrons. The number of hydrogen-bond donors (Lipinski definition) is 1. The molecule has 4 aromatic rings. The van der Waals surface area contributed by atoms with Gasteiger partial charge < -0.3 is 0 Å². The first-order valence-electron chi connectivity index (χ1n) is 9.25. The van der Waals surface area contributed by atoms with Crippen LogP contribution < -0.4 is 4.72 Å². The molecule has 0 saturated heterocycles. The molecule has 0 fully saturated rings. The summed E-state index contributed by atoms with van der Waals surface area (Å²) in [5.41, 5.74) is 4.96. The molecule has 0 aliphatic heterocycles. The van der Waals surface area contributed by atoms with Crippen molar-refractivity contribution in [3.8, 4) is 11.3 Å². The number of sulfonamides is 1. The number of anilines is 1. The minimum absolute atomic E-state index is 0.211. The number of nitrogens with zero attached hydrogens (tertiary/aromatic N) is 4. The van der Waals surface area contributed by atoms with Gasteiger partial charge >= 0.3 is 0 Å². The Morgan fingerprint density at radius 1 is 0.900 bits per heavy atom. The number of fused-ring (bicyclic) bond motifs is 1. The highest BCUT2D eigenvalue weighted by Gasteiger charge is 2.20. The molecule has 9 heteroatoms. The fraction of sp³-hybridized carbons (Fsp3) is 0.190. The number of aryl methyl sites for hydroxylation is 4. The van der Waals surface area contributed by atoms with Gasteiger partial charge in [0.25, 0.3) is 10.0 Å². The van der Waals surface area contributed by atoms with E-state index >= 15 is 0 Å². The SMILES string of the molecule is Cc1cc(NS(=O)(=O)c2cc(-c3ccc4nnc(C)n4n3)ccc2C)c(C)cc1Br. The van der Waals surface area contributed by atoms with Crippen LogP contribution in [-0.4, -0.2) is 28.2 Å². The van der Waals surface area contributed by atoms with Crippen LogP contribution in [0, 0.1) is 27.7 Å². The van der Waals surface area contributed by atoms with Gasteiger partial charge in [-0.2, -0.15) is 9.61 Å². The number of halogens is 1. The summed E-state index contributed by atoms with van der Waals surface area (Å²) in [6.45, 7) is 7.38. The maximum absolute atomic E-state index is 13.2. The Morgan fingerprint density at radius 2 is 1.67 bits per heavy atom. The zero-order valence-electron chi connectivity index (χ0n) is 16.9. The molecule has 0 aliphatic carbocycles. The van der Waals surface area contributed by atoms with Crippen LogP contribution in [0.25, 0.3) is 16.9 Å². The molecule has 0 saturated carbocycles. The zero-order chi connectivity index (χ0) is 21.6. The summed E-state index contributed by atoms with van der Waals surface area (Å²) in [4.78, 5) is 0.211. The summed E-state index contributed by atoms with van der Waals surface area (Å²) in [5, 5.41) is 12.6. The van der Waals surface area contributed by atoms with Crippen molar-refractivity contribution in [3.05, 3.63) is 69.5 Å². The highest BCUT2D eigenvalue weighted by atomic mass is 79.9. The minimum Gasteiger partial charge on any atom is -0.279 e. The van der Waals surface area contributed by atoms with Gasteiger partial charge in [0.15, 0.2) is 11.5 Å². The molecular weight excluding hydrogens is 466 g/mol. The molecule has 4 rings (SSSR count). The van der Waals surface area contributed by atoms with E-state index in [1.54, 1.807) is 29.6 Å². The Bertz CT molecular complexity index is 1400. The van der Waals surface area contributed by atoms with E-state index in [-0.39, 0.29) is 4.90 Å². The van der Waals surface area contributed by atoms with Crippen LogP contribution in [0.4, 0.5) is 5.69 Å². The summed E-state index contributed by atoms with van der Waals surface area (Å²) in [6.07, 6.45) is 0. The molecule has 1 N–H and O–H groups in total. The third-order valence-corrected chi connectivity index (χ3v) is 7.30. The highest BCUT2D eigenvalue weighted by molar-refractivity contribution is 9.10. The molecule has 7 nitrogen and oxygen atoms in total. The predicted octanol–water partition coefficient (Wildman–Crippen LogP) is 4.59. The third kappa shape index (κ3) is 3.70. The van der Waals surface area contributed by atoms with E-state index in [1.807, 2.05) is 45.0 Å². The number of nitrogens with one attached hydrogen (secondary N) is 1. The van der Waals surface area contributed by atoms with Gasteiger partial charge in [-0.3, -0.25) is 4.72 Å². The normalized spacial score (nSPS) is 11.8. The van der Waals surface area contributed by atoms with Crippen molar-refractivity contribution in [2.75, 3.05) is 4.72 Å². The second-order valence-electron chi connectivity index (χ2n) is 7.24. The maximum Gasteiger partial charge on any atom is 0.262 e. The summed E-state index contributed by atoms with van der Waals surface area (Å²) in [6, 6.07) is 12.6. The van der Waals surface area contributed by atoms with Gasteiger partial charge in [0.2, 0.25) is 0 Å². The zero-order valence-corrected chi connectivity index (χ0v) is 19.3. The van der Waals surface area contributed by atoms with Gasteiger partial charge in [-0.25, -0.2) is 8.42 Å². The Morgan fingerprint density at radius 3 is 2.43 bits per heavy atom. The van der Waals surface area contributed by atoms with Gasteiger partial charge in [-0.1, -0.05) is 28.1 Å². The second kappa shape index (κ2) is 7.48. The molecule has 30 heavy (non-hydrogen) atoms. The molecule has 2 heterocycles. The first-order chi connectivity index (χ1) is 14.2. The first kappa shape index (κ1) is 20.5. The molecule has 0 bridgehead atoms. The van der Waals surface area contributed by atoms with Crippen LogP contribution in [0.3, 0.4) is 0 Å². The quantitative estimate of drug-likeness (QED) is 0.456. The summed E-state index contributed by atoms with van der Waals surface area (Å²) >= 11 is 3.48. The molecule has 0 aliphatic rings. The molecule has 2 aromatic heterocycles. The van der Waals surface area contributed by atoms with Gasteiger partial charge in [0.05, 0.1) is 16.3 Å². The van der Waals surface area contributed by atoms with E-state index in [0.29, 0.717) is 34.0 Å². The Balaban J connectivity index is 1.77. The van der Waals surface area contributed by atoms with Gasteiger partial charge in [0, 0.05) is 10.0 Å². The molecular formula is C21H20BrN5O2S. The van der Waals surface area contributed by atoms with Crippen molar-refractivity contribution in [2.24, 2.45) is 0 Å². The smallest absolute Gasteiger partial charge is 0.262 e. The van der Waals surface area contributed by atoms with E-state index in [2.05, 4.69) is 35.9 Å². The highest BCUT2D eigenvalue weighted by Crippen LogP contribution is 2.29. The van der Waals surface area contributed by atoms with Crippen molar-refractivity contribution in [2.45, 2.75) is 32.6 Å². The lowest BCUT2D eigenvalue weighted by Crippen LogP contribution is -2.15. The largest absolute Gasteiger partial charge is 0.279 e. The van der Waals surface area contributed by atoms with E-state index in [0.717, 1.165) is 15.6 Å². The van der Waals surface area contributed by atoms with Crippen LogP contribution in [0.15, 0.2) is 51.8 Å². The first-order valence-corrected chi connectivity index (χ1v) is 11.5. The molecule has 2 aromatic carbocycles. The number of aromatic nitrogens is 4.